The van der Waals surface area contributed by atoms with Crippen LogP contribution < -0.4 is 10.2 Å². The molecule has 0 spiro atoms. The van der Waals surface area contributed by atoms with Crippen LogP contribution in [0.5, 0.6) is 0 Å². The molecule has 1 N–H and O–H groups in total. The van der Waals surface area contributed by atoms with Crippen molar-refractivity contribution in [3.05, 3.63) is 29.6 Å². The van der Waals surface area contributed by atoms with Gasteiger partial charge in [-0.3, -0.25) is 0 Å². The van der Waals surface area contributed by atoms with Gasteiger partial charge in [0, 0.05) is 25.8 Å². The van der Waals surface area contributed by atoms with Gasteiger partial charge in [-0.25, -0.2) is 4.39 Å². The molecule has 0 amide bonds. The first-order valence-electron chi connectivity index (χ1n) is 6.18. The molecule has 0 bridgehead atoms. The molecule has 0 atom stereocenters. The van der Waals surface area contributed by atoms with Gasteiger partial charge in [0.05, 0.1) is 0 Å². The SMILES string of the molecule is CNCc1cc(F)cc(N(C)CCC(C)C)c1. The van der Waals surface area contributed by atoms with Gasteiger partial charge >= 0.3 is 0 Å². The molecule has 3 heteroatoms. The molecular formula is C14H23FN2. The monoisotopic (exact) mass is 238 g/mol. The van der Waals surface area contributed by atoms with Crippen LogP contribution in [-0.4, -0.2) is 20.6 Å². The van der Waals surface area contributed by atoms with Gasteiger partial charge in [0.25, 0.3) is 0 Å². The minimum Gasteiger partial charge on any atom is -0.374 e. The lowest BCUT2D eigenvalue weighted by molar-refractivity contribution is 0.583. The van der Waals surface area contributed by atoms with Gasteiger partial charge in [0.2, 0.25) is 0 Å². The standard InChI is InChI=1S/C14H23FN2/c1-11(2)5-6-17(4)14-8-12(10-16-3)7-13(15)9-14/h7-9,11,16H,5-6,10H2,1-4H3. The maximum absolute atomic E-state index is 13.5. The van der Waals surface area contributed by atoms with Gasteiger partial charge in [-0.2, -0.15) is 0 Å². The maximum atomic E-state index is 13.5. The van der Waals surface area contributed by atoms with Crippen LogP contribution in [-0.2, 0) is 6.54 Å². The number of nitrogens with zero attached hydrogens (tertiary/aromatic N) is 1. The Balaban J connectivity index is 2.74. The summed E-state index contributed by atoms with van der Waals surface area (Å²) in [4.78, 5) is 2.11. The third kappa shape index (κ3) is 4.73. The molecule has 0 aliphatic heterocycles. The van der Waals surface area contributed by atoms with E-state index in [-0.39, 0.29) is 5.82 Å². The topological polar surface area (TPSA) is 15.3 Å². The van der Waals surface area contributed by atoms with Crippen LogP contribution in [0.3, 0.4) is 0 Å². The molecule has 0 aromatic heterocycles. The van der Waals surface area contributed by atoms with E-state index in [2.05, 4.69) is 24.1 Å². The van der Waals surface area contributed by atoms with Crippen LogP contribution in [0, 0.1) is 11.7 Å². The van der Waals surface area contributed by atoms with Gasteiger partial charge in [0.1, 0.15) is 5.82 Å². The first-order valence-corrected chi connectivity index (χ1v) is 6.18. The Morgan fingerprint density at radius 3 is 2.59 bits per heavy atom. The summed E-state index contributed by atoms with van der Waals surface area (Å²) >= 11 is 0. The van der Waals surface area contributed by atoms with Crippen LogP contribution >= 0.6 is 0 Å². The van der Waals surface area contributed by atoms with Gasteiger partial charge in [0.15, 0.2) is 0 Å². The van der Waals surface area contributed by atoms with E-state index in [1.165, 1.54) is 0 Å². The van der Waals surface area contributed by atoms with Crippen LogP contribution in [0.1, 0.15) is 25.8 Å². The predicted octanol–water partition coefficient (Wildman–Crippen LogP) is 3.03. The molecule has 2 nitrogen and oxygen atoms in total. The molecule has 1 aromatic rings. The summed E-state index contributed by atoms with van der Waals surface area (Å²) in [6.45, 7) is 6.06. The van der Waals surface area contributed by atoms with Crippen molar-refractivity contribution in [2.75, 3.05) is 25.5 Å². The van der Waals surface area contributed by atoms with Crippen molar-refractivity contribution in [2.24, 2.45) is 5.92 Å². The van der Waals surface area contributed by atoms with E-state index in [1.807, 2.05) is 20.2 Å². The average Bonchev–Trinajstić information content (AvgIpc) is 2.25. The molecule has 0 saturated heterocycles. The van der Waals surface area contributed by atoms with Gasteiger partial charge in [-0.15, -0.1) is 0 Å². The molecular weight excluding hydrogens is 215 g/mol. The predicted molar refractivity (Wildman–Crippen MR) is 71.9 cm³/mol. The number of nitrogens with one attached hydrogen (secondary N) is 1. The lowest BCUT2D eigenvalue weighted by Crippen LogP contribution is -2.20. The van der Waals surface area contributed by atoms with E-state index < -0.39 is 0 Å². The van der Waals surface area contributed by atoms with Crippen molar-refractivity contribution in [2.45, 2.75) is 26.8 Å². The fourth-order valence-electron chi connectivity index (χ4n) is 1.74. The molecule has 96 valence electrons. The lowest BCUT2D eigenvalue weighted by Gasteiger charge is -2.21. The molecule has 0 unspecified atom stereocenters. The molecule has 1 rings (SSSR count). The second-order valence-electron chi connectivity index (χ2n) is 4.95. The molecule has 0 fully saturated rings. The number of hydrogen-bond donors (Lipinski definition) is 1. The van der Waals surface area contributed by atoms with Crippen LogP contribution in [0.25, 0.3) is 0 Å². The minimum atomic E-state index is -0.163. The third-order valence-corrected chi connectivity index (χ3v) is 2.81. The number of hydrogen-bond acceptors (Lipinski definition) is 2. The summed E-state index contributed by atoms with van der Waals surface area (Å²) in [5, 5.41) is 3.04. The number of halogens is 1. The normalized spacial score (nSPS) is 10.9. The van der Waals surface area contributed by atoms with Crippen molar-refractivity contribution >= 4 is 5.69 Å². The fourth-order valence-corrected chi connectivity index (χ4v) is 1.74. The van der Waals surface area contributed by atoms with E-state index in [0.29, 0.717) is 12.5 Å². The van der Waals surface area contributed by atoms with Gasteiger partial charge in [-0.1, -0.05) is 13.8 Å². The zero-order valence-corrected chi connectivity index (χ0v) is 11.3. The molecule has 0 aliphatic rings. The summed E-state index contributed by atoms with van der Waals surface area (Å²) in [7, 11) is 3.88. The lowest BCUT2D eigenvalue weighted by atomic mass is 10.1. The Morgan fingerprint density at radius 1 is 1.29 bits per heavy atom. The minimum absolute atomic E-state index is 0.163. The van der Waals surface area contributed by atoms with E-state index in [4.69, 9.17) is 0 Å². The Hall–Kier alpha value is -1.09. The second-order valence-corrected chi connectivity index (χ2v) is 4.95. The van der Waals surface area contributed by atoms with Gasteiger partial charge < -0.3 is 10.2 Å². The van der Waals surface area contributed by atoms with Crippen LogP contribution in [0.2, 0.25) is 0 Å². The van der Waals surface area contributed by atoms with Crippen LogP contribution in [0.4, 0.5) is 10.1 Å². The average molecular weight is 238 g/mol. The zero-order valence-electron chi connectivity index (χ0n) is 11.3. The number of rotatable bonds is 6. The summed E-state index contributed by atoms with van der Waals surface area (Å²) < 4.78 is 13.5. The highest BCUT2D eigenvalue weighted by molar-refractivity contribution is 5.48. The van der Waals surface area contributed by atoms with Crippen molar-refractivity contribution in [1.82, 2.24) is 5.32 Å². The molecule has 1 aromatic carbocycles. The summed E-state index contributed by atoms with van der Waals surface area (Å²) in [6.07, 6.45) is 1.12. The Labute approximate surface area is 104 Å². The summed E-state index contributed by atoms with van der Waals surface area (Å²) in [6, 6.07) is 5.22. The van der Waals surface area contributed by atoms with E-state index >= 15 is 0 Å². The smallest absolute Gasteiger partial charge is 0.125 e. The quantitative estimate of drug-likeness (QED) is 0.819. The van der Waals surface area contributed by atoms with Crippen molar-refractivity contribution in [1.29, 1.82) is 0 Å². The molecule has 17 heavy (non-hydrogen) atoms. The Bertz CT molecular complexity index is 350. The summed E-state index contributed by atoms with van der Waals surface area (Å²) in [5.74, 6) is 0.506. The largest absolute Gasteiger partial charge is 0.374 e. The molecule has 0 heterocycles. The highest BCUT2D eigenvalue weighted by atomic mass is 19.1. The number of anilines is 1. The highest BCUT2D eigenvalue weighted by Crippen LogP contribution is 2.18. The van der Waals surface area contributed by atoms with Gasteiger partial charge in [-0.05, 0) is 43.1 Å². The van der Waals surface area contributed by atoms with Crippen molar-refractivity contribution < 1.29 is 4.39 Å². The molecule has 0 radical (unpaired) electrons. The van der Waals surface area contributed by atoms with Crippen LogP contribution in [0.15, 0.2) is 18.2 Å². The Kier molecular flexibility index (Phi) is 5.42. The zero-order chi connectivity index (χ0) is 12.8. The Morgan fingerprint density at radius 2 is 2.00 bits per heavy atom. The molecule has 0 saturated carbocycles. The van der Waals surface area contributed by atoms with E-state index in [0.717, 1.165) is 24.2 Å². The fraction of sp³-hybridized carbons (Fsp3) is 0.571. The highest BCUT2D eigenvalue weighted by Gasteiger charge is 2.06. The first-order chi connectivity index (χ1) is 8.02. The van der Waals surface area contributed by atoms with Crippen molar-refractivity contribution in [3.63, 3.8) is 0 Å². The third-order valence-electron chi connectivity index (χ3n) is 2.81. The summed E-state index contributed by atoms with van der Waals surface area (Å²) in [5.41, 5.74) is 1.94. The molecule has 0 aliphatic carbocycles. The first kappa shape index (κ1) is 14.0. The van der Waals surface area contributed by atoms with E-state index in [1.54, 1.807) is 12.1 Å². The van der Waals surface area contributed by atoms with E-state index in [9.17, 15) is 4.39 Å². The second kappa shape index (κ2) is 6.60. The maximum Gasteiger partial charge on any atom is 0.125 e. The van der Waals surface area contributed by atoms with Crippen molar-refractivity contribution in [3.8, 4) is 0 Å². The number of benzene rings is 1.